The molecule has 4 aromatic heterocycles. The highest BCUT2D eigenvalue weighted by atomic mass is 15.4. The molecule has 0 spiro atoms. The van der Waals surface area contributed by atoms with Crippen LogP contribution >= 0.6 is 0 Å². The fourth-order valence-electron chi connectivity index (χ4n) is 14.8. The molecule has 10 aromatic carbocycles. The van der Waals surface area contributed by atoms with Crippen LogP contribution in [-0.2, 0) is 21.1 Å². The van der Waals surface area contributed by atoms with E-state index in [1.165, 1.54) is 139 Å². The van der Waals surface area contributed by atoms with Crippen molar-refractivity contribution < 1.29 is 13.9 Å². The van der Waals surface area contributed by atoms with E-state index < -0.39 is 0 Å². The minimum Gasteiger partial charge on any atom is -0.359 e. The van der Waals surface area contributed by atoms with Crippen LogP contribution in [0.25, 0.3) is 71.7 Å². The predicted molar refractivity (Wildman–Crippen MR) is 586 cm³/mol. The lowest BCUT2D eigenvalue weighted by Gasteiger charge is -2.36. The van der Waals surface area contributed by atoms with Crippen LogP contribution in [-0.4, -0.2) is 58.6 Å². The fraction of sp³-hybridized carbons (Fsp3) is 0.387. The molecule has 0 saturated heterocycles. The van der Waals surface area contributed by atoms with Gasteiger partial charge in [0, 0.05) is 102 Å². The molecule has 0 radical (unpaired) electrons. The Bertz CT molecular complexity index is 5430. The van der Waals surface area contributed by atoms with Crippen LogP contribution in [0.15, 0.2) is 292 Å². The average molecular weight is 1760 g/mol. The second kappa shape index (κ2) is 67.5. The highest BCUT2D eigenvalue weighted by Crippen LogP contribution is 2.49. The van der Waals surface area contributed by atoms with Crippen molar-refractivity contribution >= 4 is 72.1 Å². The van der Waals surface area contributed by atoms with Crippen LogP contribution in [0.3, 0.4) is 0 Å². The van der Waals surface area contributed by atoms with Crippen molar-refractivity contribution in [1.82, 2.24) is 19.0 Å². The predicted octanol–water partition coefficient (Wildman–Crippen LogP) is 33.6. The summed E-state index contributed by atoms with van der Waals surface area (Å²) in [5, 5.41) is 6.51. The molecule has 4 aliphatic rings. The molecule has 3 atom stereocenters. The largest absolute Gasteiger partial charge is 0.359 e. The van der Waals surface area contributed by atoms with Crippen LogP contribution < -0.4 is 33.5 Å². The molecule has 0 saturated carbocycles. The summed E-state index contributed by atoms with van der Waals surface area (Å²) in [4.78, 5) is 14.0. The van der Waals surface area contributed by atoms with Crippen molar-refractivity contribution in [2.24, 2.45) is 21.1 Å². The van der Waals surface area contributed by atoms with Crippen molar-refractivity contribution in [2.45, 2.75) is 275 Å². The topological polar surface area (TPSA) is 40.4 Å². The first-order valence-corrected chi connectivity index (χ1v) is 49.5. The third-order valence-corrected chi connectivity index (χ3v) is 20.8. The Balaban J connectivity index is 0. The summed E-state index contributed by atoms with van der Waals surface area (Å²) in [5.74, 6) is 0. The number of pyridine rings is 2. The molecule has 14 aromatic rings. The summed E-state index contributed by atoms with van der Waals surface area (Å²) in [5.41, 5.74) is 26.1. The van der Waals surface area contributed by atoms with Gasteiger partial charge in [-0.05, 0) is 154 Å². The van der Waals surface area contributed by atoms with Gasteiger partial charge in [0.1, 0.15) is 42.3 Å². The summed E-state index contributed by atoms with van der Waals surface area (Å²) in [6, 6.07) is 87.9. The minimum absolute atomic E-state index is 0.350. The van der Waals surface area contributed by atoms with Crippen molar-refractivity contribution in [2.75, 3.05) is 40.7 Å². The molecule has 0 fully saturated rings. The Morgan fingerprint density at radius 3 is 1.22 bits per heavy atom. The van der Waals surface area contributed by atoms with Gasteiger partial charge in [0.2, 0.25) is 5.69 Å². The van der Waals surface area contributed by atoms with Gasteiger partial charge in [-0.2, -0.15) is 0 Å². The third-order valence-electron chi connectivity index (χ3n) is 20.8. The van der Waals surface area contributed by atoms with Gasteiger partial charge < -0.3 is 29.4 Å². The first-order chi connectivity index (χ1) is 63.4. The standard InChI is InChI=1S/C18H18N2.C17H15N2.C17H16N.C16H18N2.C12H16N2.C11H13N2.14C2H6/c1-12-7-6-10-16-14-8-4-5-9-15(14)17-11-19(3)13(2)20(17)18(12)16;1-12-6-5-9-15-13-7-3-4-8-14(13)16-10-11-18(2)19(16)17(12)15;1-13-7-3-6-10-16(13)17-11-14-8-4-5-9-15(14)12-18(17)2;1-12-8-4-5-9-14(12)18-13(2)17(3)15-10-6-7-11-16(15)18;1-10-6-4-5-7-12(10)14-9-8-13(3)11(14)2;1-10-6-3-4-7-11(10)13-9-5-8-12(13)2;14*1-2/h4-11,13H,1-3H3;3-11H,1-2H3;3-12H,1-2H3;4-11,13H,1-3H3;4-9,11H,1-3H3;3-9H,1-2H3;14*1-2H3/q;2*+1;;;+1;;;;;;;;;;;;;;/t13-;;;13-;11-;;;;;;;;;;;;;;;/m0..00.............../s1. The number of benzene rings is 10. The summed E-state index contributed by atoms with van der Waals surface area (Å²) in [6.45, 7) is 75.7. The van der Waals surface area contributed by atoms with Gasteiger partial charge in [-0.1, -0.05) is 382 Å². The van der Waals surface area contributed by atoms with Gasteiger partial charge in [0.05, 0.1) is 29.0 Å². The quantitative estimate of drug-likeness (QED) is 0.129. The maximum Gasteiger partial charge on any atom is 0.213 e. The van der Waals surface area contributed by atoms with Gasteiger partial charge in [-0.25, -0.2) is 4.57 Å². The molecule has 130 heavy (non-hydrogen) atoms. The number of nitrogens with zero attached hydrogens (tertiary/aromatic N) is 11. The van der Waals surface area contributed by atoms with E-state index >= 15 is 0 Å². The normalized spacial score (nSPS) is 12.6. The van der Waals surface area contributed by atoms with Crippen LogP contribution in [0.4, 0.5) is 28.4 Å². The average Bonchev–Trinajstić information content (AvgIpc) is 1.53. The van der Waals surface area contributed by atoms with E-state index in [1.807, 2.05) is 213 Å². The zero-order valence-electron chi connectivity index (χ0n) is 89.9. The van der Waals surface area contributed by atoms with Crippen molar-refractivity contribution in [3.63, 3.8) is 0 Å². The number of rotatable bonds is 4. The summed E-state index contributed by atoms with van der Waals surface area (Å²) in [7, 11) is 12.6. The SMILES string of the molecule is CC.CC.CC.CC.CC.CC.CC.CC.CC.CC.CC.CC.CC.CC.Cc1cccc2c1N1C(=CN(C)[C@@H]1C)c1ccccc1-2.Cc1cccc2c3ccccc3c3cc[n+](C)n3c12.Cc1ccccc1-c1cc2ccccc2c[n+]1C.Cc1ccccc1-n1ccc[n+]1C.Cc1ccccc1N1C=CN(C)[C@@H]1C.Cc1ccccc1N1c2ccccc2N(C)[C@@H]1C. The minimum atomic E-state index is 0.350. The number of hydrogen-bond donors (Lipinski definition) is 0. The van der Waals surface area contributed by atoms with Gasteiger partial charge in [-0.15, -0.1) is 18.6 Å². The van der Waals surface area contributed by atoms with Crippen molar-refractivity contribution in [3.05, 3.63) is 331 Å². The second-order valence-corrected chi connectivity index (χ2v) is 27.4. The zero-order valence-corrected chi connectivity index (χ0v) is 89.9. The maximum atomic E-state index is 2.47. The number of aryl methyl sites for hydroxylation is 9. The Morgan fingerprint density at radius 1 is 0.292 bits per heavy atom. The Kier molecular flexibility index (Phi) is 62.5. The molecular weight excluding hydrogens is 1580 g/mol. The van der Waals surface area contributed by atoms with Crippen LogP contribution in [0.2, 0.25) is 0 Å². The van der Waals surface area contributed by atoms with Crippen molar-refractivity contribution in [3.8, 4) is 28.1 Å². The molecule has 0 bridgehead atoms. The monoisotopic (exact) mass is 1760 g/mol. The smallest absolute Gasteiger partial charge is 0.213 e. The molecule has 0 N–H and O–H groups in total. The van der Waals surface area contributed by atoms with Gasteiger partial charge in [0.25, 0.3) is 0 Å². The van der Waals surface area contributed by atoms with E-state index in [-0.39, 0.29) is 0 Å². The molecule has 18 rings (SSSR count). The zero-order chi connectivity index (χ0) is 99.5. The number of fused-ring (bicyclic) bond motifs is 14. The van der Waals surface area contributed by atoms with E-state index in [4.69, 9.17) is 0 Å². The summed E-state index contributed by atoms with van der Waals surface area (Å²) < 4.78 is 10.8. The molecule has 11 heteroatoms. The van der Waals surface area contributed by atoms with Gasteiger partial charge >= 0.3 is 0 Å². The van der Waals surface area contributed by atoms with Crippen LogP contribution in [0.1, 0.15) is 254 Å². The maximum absolute atomic E-state index is 2.47. The van der Waals surface area contributed by atoms with E-state index in [0.29, 0.717) is 18.5 Å². The number of hydrogen-bond acceptors (Lipinski definition) is 6. The van der Waals surface area contributed by atoms with E-state index in [9.17, 15) is 0 Å². The van der Waals surface area contributed by atoms with E-state index in [1.54, 1.807) is 0 Å². The Labute approximate surface area is 795 Å². The molecule has 0 unspecified atom stereocenters. The molecule has 0 amide bonds. The lowest BCUT2D eigenvalue weighted by atomic mass is 9.90. The Hall–Kier alpha value is -11.7. The third kappa shape index (κ3) is 30.7. The molecule has 11 nitrogen and oxygen atoms in total. The summed E-state index contributed by atoms with van der Waals surface area (Å²) in [6.07, 6.45) is 16.0. The first kappa shape index (κ1) is 120. The molecule has 8 heterocycles. The highest BCUT2D eigenvalue weighted by Gasteiger charge is 2.36. The lowest BCUT2D eigenvalue weighted by molar-refractivity contribution is -0.744. The molecule has 0 aliphatic carbocycles. The first-order valence-electron chi connectivity index (χ1n) is 49.5. The lowest BCUT2D eigenvalue weighted by Crippen LogP contribution is -2.36. The van der Waals surface area contributed by atoms with Crippen LogP contribution in [0, 0.1) is 41.5 Å². The molecular formula is C119H180N11+3. The van der Waals surface area contributed by atoms with Gasteiger partial charge in [0.15, 0.2) is 32.7 Å². The highest BCUT2D eigenvalue weighted by molar-refractivity contribution is 6.12. The van der Waals surface area contributed by atoms with Gasteiger partial charge in [-0.3, -0.25) is 0 Å². The second-order valence-electron chi connectivity index (χ2n) is 27.4. The summed E-state index contributed by atoms with van der Waals surface area (Å²) >= 11 is 0. The molecule has 708 valence electrons. The Morgan fingerprint density at radius 2 is 0.708 bits per heavy atom. The number of para-hydroxylation sites is 7. The fourth-order valence-corrected chi connectivity index (χ4v) is 14.8. The molecule has 4 aliphatic heterocycles. The van der Waals surface area contributed by atoms with E-state index in [0.717, 1.165) is 0 Å². The number of aromatic nitrogens is 5. The van der Waals surface area contributed by atoms with Crippen LogP contribution in [0.5, 0.6) is 0 Å². The van der Waals surface area contributed by atoms with Crippen molar-refractivity contribution in [1.29, 1.82) is 0 Å². The van der Waals surface area contributed by atoms with E-state index in [2.05, 4.69) is 430 Å². The number of anilines is 5.